The van der Waals surface area contributed by atoms with E-state index in [2.05, 4.69) is 39.4 Å². The second-order valence-electron chi connectivity index (χ2n) is 5.44. The highest BCUT2D eigenvalue weighted by molar-refractivity contribution is 9.10. The summed E-state index contributed by atoms with van der Waals surface area (Å²) in [6.45, 7) is 1.17. The van der Waals surface area contributed by atoms with E-state index in [-0.39, 0.29) is 0 Å². The molecule has 1 unspecified atom stereocenters. The van der Waals surface area contributed by atoms with Crippen molar-refractivity contribution in [1.82, 2.24) is 5.32 Å². The second-order valence-corrected chi connectivity index (χ2v) is 6.29. The molecular formula is C15H20BrN. The molecule has 0 spiro atoms. The summed E-state index contributed by atoms with van der Waals surface area (Å²) in [4.78, 5) is 0. The quantitative estimate of drug-likeness (QED) is 0.888. The predicted octanol–water partition coefficient (Wildman–Crippen LogP) is 4.01. The molecule has 0 aliphatic heterocycles. The van der Waals surface area contributed by atoms with Crippen LogP contribution >= 0.6 is 15.9 Å². The van der Waals surface area contributed by atoms with Gasteiger partial charge in [-0.1, -0.05) is 34.5 Å². The first kappa shape index (κ1) is 11.7. The Bertz CT molecular complexity index is 398. The summed E-state index contributed by atoms with van der Waals surface area (Å²) < 4.78 is 1.31. The van der Waals surface area contributed by atoms with E-state index in [4.69, 9.17) is 0 Å². The molecule has 0 radical (unpaired) electrons. The van der Waals surface area contributed by atoms with Gasteiger partial charge in [-0.3, -0.25) is 0 Å². The van der Waals surface area contributed by atoms with Crippen molar-refractivity contribution in [3.8, 4) is 0 Å². The molecule has 0 bridgehead atoms. The smallest absolute Gasteiger partial charge is 0.0213 e. The first-order chi connectivity index (χ1) is 8.34. The van der Waals surface area contributed by atoms with Gasteiger partial charge in [0.25, 0.3) is 0 Å². The Morgan fingerprint density at radius 2 is 2.06 bits per heavy atom. The molecule has 3 rings (SSSR count). The zero-order valence-electron chi connectivity index (χ0n) is 10.2. The van der Waals surface area contributed by atoms with Gasteiger partial charge in [-0.15, -0.1) is 0 Å². The molecule has 2 aliphatic rings. The molecule has 1 aromatic rings. The lowest BCUT2D eigenvalue weighted by Gasteiger charge is -2.32. The van der Waals surface area contributed by atoms with Crippen LogP contribution in [0.2, 0.25) is 0 Å². The SMILES string of the molecule is Brc1cccc2c1C(CNC1CCC1)CCC2. The Kier molecular flexibility index (Phi) is 3.53. The number of hydrogen-bond donors (Lipinski definition) is 1. The Balaban J connectivity index is 1.73. The van der Waals surface area contributed by atoms with Crippen molar-refractivity contribution in [2.45, 2.75) is 50.5 Å². The van der Waals surface area contributed by atoms with Gasteiger partial charge in [0.1, 0.15) is 0 Å². The van der Waals surface area contributed by atoms with E-state index in [0.29, 0.717) is 0 Å². The Labute approximate surface area is 112 Å². The lowest BCUT2D eigenvalue weighted by molar-refractivity contribution is 0.326. The molecule has 2 aliphatic carbocycles. The van der Waals surface area contributed by atoms with Crippen LogP contribution in [-0.2, 0) is 6.42 Å². The van der Waals surface area contributed by atoms with Crippen LogP contribution in [0.4, 0.5) is 0 Å². The van der Waals surface area contributed by atoms with Crippen molar-refractivity contribution in [2.24, 2.45) is 0 Å². The minimum atomic E-state index is 0.718. The zero-order chi connectivity index (χ0) is 11.7. The Morgan fingerprint density at radius 3 is 2.82 bits per heavy atom. The van der Waals surface area contributed by atoms with Gasteiger partial charge in [0.2, 0.25) is 0 Å². The topological polar surface area (TPSA) is 12.0 Å². The van der Waals surface area contributed by atoms with Crippen LogP contribution in [0.15, 0.2) is 22.7 Å². The summed E-state index contributed by atoms with van der Waals surface area (Å²) in [7, 11) is 0. The zero-order valence-corrected chi connectivity index (χ0v) is 11.8. The van der Waals surface area contributed by atoms with E-state index >= 15 is 0 Å². The number of aryl methyl sites for hydroxylation is 1. The maximum absolute atomic E-state index is 3.74. The molecule has 0 amide bonds. The maximum Gasteiger partial charge on any atom is 0.0213 e. The number of rotatable bonds is 3. The van der Waals surface area contributed by atoms with Gasteiger partial charge in [0, 0.05) is 17.1 Å². The molecule has 17 heavy (non-hydrogen) atoms. The fraction of sp³-hybridized carbons (Fsp3) is 0.600. The van der Waals surface area contributed by atoms with Crippen LogP contribution in [0.1, 0.15) is 49.1 Å². The van der Waals surface area contributed by atoms with E-state index in [1.165, 1.54) is 49.5 Å². The molecule has 1 fully saturated rings. The molecular weight excluding hydrogens is 274 g/mol. The molecule has 1 aromatic carbocycles. The standard InChI is InChI=1S/C15H20BrN/c16-14-9-2-5-11-4-1-6-12(15(11)14)10-17-13-7-3-8-13/h2,5,9,12-13,17H,1,3-4,6-8,10H2. The van der Waals surface area contributed by atoms with E-state index in [9.17, 15) is 0 Å². The fourth-order valence-corrected chi connectivity index (χ4v) is 3.80. The molecule has 92 valence electrons. The number of nitrogens with one attached hydrogen (secondary N) is 1. The Morgan fingerprint density at radius 1 is 1.18 bits per heavy atom. The number of halogens is 1. The molecule has 1 N–H and O–H groups in total. The van der Waals surface area contributed by atoms with Gasteiger partial charge in [0.05, 0.1) is 0 Å². The van der Waals surface area contributed by atoms with Gasteiger partial charge in [-0.2, -0.15) is 0 Å². The van der Waals surface area contributed by atoms with Crippen LogP contribution in [0.3, 0.4) is 0 Å². The number of hydrogen-bond acceptors (Lipinski definition) is 1. The van der Waals surface area contributed by atoms with Crippen molar-refractivity contribution >= 4 is 15.9 Å². The van der Waals surface area contributed by atoms with E-state index < -0.39 is 0 Å². The summed E-state index contributed by atoms with van der Waals surface area (Å²) in [5.74, 6) is 0.718. The fourth-order valence-electron chi connectivity index (χ4n) is 3.07. The lowest BCUT2D eigenvalue weighted by atomic mass is 9.82. The second kappa shape index (κ2) is 5.11. The summed E-state index contributed by atoms with van der Waals surface area (Å²) in [6, 6.07) is 7.48. The van der Waals surface area contributed by atoms with Gasteiger partial charge < -0.3 is 5.32 Å². The minimum absolute atomic E-state index is 0.718. The first-order valence-corrected chi connectivity index (χ1v) is 7.64. The maximum atomic E-state index is 3.74. The van der Waals surface area contributed by atoms with Crippen molar-refractivity contribution in [3.63, 3.8) is 0 Å². The molecule has 1 nitrogen and oxygen atoms in total. The number of benzene rings is 1. The van der Waals surface area contributed by atoms with E-state index in [1.807, 2.05) is 0 Å². The van der Waals surface area contributed by atoms with Crippen LogP contribution < -0.4 is 5.32 Å². The van der Waals surface area contributed by atoms with Crippen LogP contribution in [0.25, 0.3) is 0 Å². The van der Waals surface area contributed by atoms with Crippen LogP contribution in [0.5, 0.6) is 0 Å². The molecule has 0 aromatic heterocycles. The molecule has 2 heteroatoms. The van der Waals surface area contributed by atoms with Crippen molar-refractivity contribution in [3.05, 3.63) is 33.8 Å². The third kappa shape index (κ3) is 2.43. The monoisotopic (exact) mass is 293 g/mol. The third-order valence-corrected chi connectivity index (χ3v) is 5.00. The summed E-state index contributed by atoms with van der Waals surface area (Å²) in [5.41, 5.74) is 3.14. The van der Waals surface area contributed by atoms with Gasteiger partial charge in [-0.05, 0) is 55.2 Å². The lowest BCUT2D eigenvalue weighted by Crippen LogP contribution is -2.38. The predicted molar refractivity (Wildman–Crippen MR) is 75.5 cm³/mol. The van der Waals surface area contributed by atoms with Crippen molar-refractivity contribution < 1.29 is 0 Å². The van der Waals surface area contributed by atoms with Crippen molar-refractivity contribution in [1.29, 1.82) is 0 Å². The normalized spacial score (nSPS) is 24.2. The molecule has 0 saturated heterocycles. The average Bonchev–Trinajstić information content (AvgIpc) is 2.27. The van der Waals surface area contributed by atoms with E-state index in [0.717, 1.165) is 12.0 Å². The van der Waals surface area contributed by atoms with Crippen molar-refractivity contribution in [2.75, 3.05) is 6.54 Å². The number of fused-ring (bicyclic) bond motifs is 1. The summed E-state index contributed by atoms with van der Waals surface area (Å²) in [5, 5.41) is 3.74. The van der Waals surface area contributed by atoms with E-state index in [1.54, 1.807) is 11.1 Å². The highest BCUT2D eigenvalue weighted by Crippen LogP contribution is 2.36. The Hall–Kier alpha value is -0.340. The summed E-state index contributed by atoms with van der Waals surface area (Å²) >= 11 is 3.73. The first-order valence-electron chi connectivity index (χ1n) is 6.85. The highest BCUT2D eigenvalue weighted by atomic mass is 79.9. The van der Waals surface area contributed by atoms with Gasteiger partial charge >= 0.3 is 0 Å². The molecule has 1 saturated carbocycles. The largest absolute Gasteiger partial charge is 0.313 e. The minimum Gasteiger partial charge on any atom is -0.313 e. The van der Waals surface area contributed by atoms with Crippen LogP contribution in [0, 0.1) is 0 Å². The average molecular weight is 294 g/mol. The molecule has 1 atom stereocenters. The third-order valence-electron chi connectivity index (χ3n) is 4.31. The highest BCUT2D eigenvalue weighted by Gasteiger charge is 2.24. The summed E-state index contributed by atoms with van der Waals surface area (Å²) in [6.07, 6.45) is 8.14. The van der Waals surface area contributed by atoms with Gasteiger partial charge in [0.15, 0.2) is 0 Å². The van der Waals surface area contributed by atoms with Gasteiger partial charge in [-0.25, -0.2) is 0 Å². The van der Waals surface area contributed by atoms with Crippen LogP contribution in [-0.4, -0.2) is 12.6 Å². The molecule has 0 heterocycles.